The third-order valence-electron chi connectivity index (χ3n) is 11.0. The largest absolute Gasteiger partial charge is 0.434 e. The maximum absolute atomic E-state index is 6.05. The van der Waals surface area contributed by atoms with Crippen LogP contribution in [0, 0.1) is 0 Å². The first-order valence-electron chi connectivity index (χ1n) is 21.4. The lowest BCUT2D eigenvalue weighted by Crippen LogP contribution is -2.21. The Morgan fingerprint density at radius 1 is 0.385 bits per heavy atom. The van der Waals surface area contributed by atoms with E-state index in [0.717, 1.165) is 73.4 Å². The summed E-state index contributed by atoms with van der Waals surface area (Å²) in [5, 5.41) is 2.09. The number of para-hydroxylation sites is 6. The highest BCUT2D eigenvalue weighted by Gasteiger charge is 2.24. The molecule has 65 heavy (non-hydrogen) atoms. The maximum Gasteiger partial charge on any atom is 0.292 e. The van der Waals surface area contributed by atoms with Crippen molar-refractivity contribution in [1.82, 2.24) is 9.97 Å². The number of hydrogen-bond acceptors (Lipinski definition) is 6. The van der Waals surface area contributed by atoms with E-state index in [-0.39, 0.29) is 0 Å². The van der Waals surface area contributed by atoms with Gasteiger partial charge in [-0.15, -0.1) is 11.3 Å². The van der Waals surface area contributed by atoms with Gasteiger partial charge in [0.25, 0.3) is 20.2 Å². The molecule has 0 atom stereocenters. The van der Waals surface area contributed by atoms with Crippen LogP contribution in [0.5, 0.6) is 17.2 Å². The van der Waals surface area contributed by atoms with Crippen molar-refractivity contribution in [3.05, 3.63) is 229 Å². The zero-order chi connectivity index (χ0) is 43.6. The summed E-state index contributed by atoms with van der Waals surface area (Å²) in [4.78, 5) is 9.75. The lowest BCUT2D eigenvalue weighted by Gasteiger charge is -2.17. The summed E-state index contributed by atoms with van der Waals surface area (Å²) in [5.74, 6) is 2.81. The van der Waals surface area contributed by atoms with Crippen LogP contribution >= 0.6 is 11.3 Å². The van der Waals surface area contributed by atoms with Gasteiger partial charge in [-0.05, 0) is 71.6 Å². The van der Waals surface area contributed by atoms with Crippen LogP contribution in [0.2, 0.25) is 0 Å². The van der Waals surface area contributed by atoms with Crippen molar-refractivity contribution in [3.63, 3.8) is 0 Å². The highest BCUT2D eigenvalue weighted by molar-refractivity contribution is 7.13. The molecule has 0 fully saturated rings. The van der Waals surface area contributed by atoms with E-state index in [2.05, 4.69) is 139 Å². The predicted molar refractivity (Wildman–Crippen MR) is 260 cm³/mol. The van der Waals surface area contributed by atoms with Crippen LogP contribution in [0.4, 0.5) is 17.1 Å². The quantitative estimate of drug-likeness (QED) is 0.156. The van der Waals surface area contributed by atoms with Crippen molar-refractivity contribution in [2.75, 3.05) is 20.2 Å². The molecule has 9 aromatic rings. The minimum atomic E-state index is 0.501. The first-order valence-corrected chi connectivity index (χ1v) is 22.3. The average molecular weight is 867 g/mol. The summed E-state index contributed by atoms with van der Waals surface area (Å²) in [6.45, 7) is 1.55. The van der Waals surface area contributed by atoms with Crippen LogP contribution in [-0.4, -0.2) is 62.5 Å². The van der Waals surface area contributed by atoms with Gasteiger partial charge in [-0.2, -0.15) is 13.7 Å². The molecule has 0 amide bonds. The summed E-state index contributed by atoms with van der Waals surface area (Å²) >= 11 is 1.74. The van der Waals surface area contributed by atoms with Crippen molar-refractivity contribution in [3.8, 4) is 50.1 Å². The van der Waals surface area contributed by atoms with Crippen molar-refractivity contribution in [2.45, 2.75) is 0 Å². The molecule has 0 spiro atoms. The van der Waals surface area contributed by atoms with E-state index in [0.29, 0.717) is 20.2 Å². The molecule has 0 saturated carbocycles. The van der Waals surface area contributed by atoms with E-state index in [1.807, 2.05) is 97.1 Å². The zero-order valence-corrected chi connectivity index (χ0v) is 36.2. The molecular formula is C56H44N5O3S+3. The number of benzene rings is 6. The zero-order valence-electron chi connectivity index (χ0n) is 35.4. The third-order valence-corrected chi connectivity index (χ3v) is 12.0. The monoisotopic (exact) mass is 866 g/mol. The molecule has 3 aliphatic heterocycles. The van der Waals surface area contributed by atoms with Crippen LogP contribution in [0.3, 0.4) is 0 Å². The molecule has 0 N–H and O–H groups in total. The molecule has 0 aliphatic carbocycles. The van der Waals surface area contributed by atoms with Crippen LogP contribution in [0.15, 0.2) is 212 Å². The van der Waals surface area contributed by atoms with E-state index in [4.69, 9.17) is 14.2 Å². The van der Waals surface area contributed by atoms with Crippen molar-refractivity contribution in [2.24, 2.45) is 0 Å². The predicted octanol–water partition coefficient (Wildman–Crippen LogP) is 12.3. The number of fused-ring (bicyclic) bond motifs is 3. The van der Waals surface area contributed by atoms with Gasteiger partial charge in [-0.25, -0.2) is 0 Å². The summed E-state index contributed by atoms with van der Waals surface area (Å²) in [5.41, 5.74) is 12.0. The van der Waals surface area contributed by atoms with Gasteiger partial charge in [-0.3, -0.25) is 9.97 Å². The molecule has 9 heteroatoms. The first kappa shape index (κ1) is 40.8. The van der Waals surface area contributed by atoms with E-state index in [1.165, 1.54) is 10.4 Å². The molecule has 3 aliphatic rings. The second-order valence-corrected chi connectivity index (χ2v) is 16.2. The van der Waals surface area contributed by atoms with Gasteiger partial charge < -0.3 is 14.2 Å². The van der Waals surface area contributed by atoms with Crippen LogP contribution in [0.1, 0.15) is 16.7 Å². The van der Waals surface area contributed by atoms with Gasteiger partial charge in [-0.1, -0.05) is 91.0 Å². The van der Waals surface area contributed by atoms with Gasteiger partial charge in [0, 0.05) is 76.6 Å². The Bertz CT molecular complexity index is 2980. The molecular weight excluding hydrogens is 823 g/mol. The van der Waals surface area contributed by atoms with E-state index >= 15 is 0 Å². The normalized spacial score (nSPS) is 13.1. The van der Waals surface area contributed by atoms with Crippen molar-refractivity contribution in [1.29, 1.82) is 0 Å². The minimum absolute atomic E-state index is 0.501. The molecule has 6 aromatic carbocycles. The summed E-state index contributed by atoms with van der Waals surface area (Å²) in [6, 6.07) is 63.6. The number of aromatic nitrogens is 2. The Hall–Kier alpha value is -8.27. The topological polar surface area (TPSA) is 62.5 Å². The van der Waals surface area contributed by atoms with E-state index in [9.17, 15) is 0 Å². The van der Waals surface area contributed by atoms with Crippen LogP contribution in [0.25, 0.3) is 32.8 Å². The molecule has 0 radical (unpaired) electrons. The second kappa shape index (κ2) is 19.4. The average Bonchev–Trinajstić information content (AvgIpc) is 3.95. The molecule has 12 rings (SSSR count). The number of nitrogens with zero attached hydrogens (tertiary/aromatic N) is 5. The number of pyridine rings is 2. The highest BCUT2D eigenvalue weighted by atomic mass is 32.1. The Kier molecular flexibility index (Phi) is 12.2. The molecule has 0 saturated heterocycles. The Labute approximate surface area is 382 Å². The van der Waals surface area contributed by atoms with Gasteiger partial charge in [0.1, 0.15) is 17.2 Å². The summed E-state index contributed by atoms with van der Waals surface area (Å²) in [6.07, 6.45) is 11.8. The molecule has 0 unspecified atom stereocenters. The van der Waals surface area contributed by atoms with Crippen molar-refractivity contribution < 1.29 is 27.9 Å². The minimum Gasteiger partial charge on any atom is -0.434 e. The van der Waals surface area contributed by atoms with Crippen LogP contribution in [-0.2, 0) is 0 Å². The Morgan fingerprint density at radius 3 is 1.32 bits per heavy atom. The molecule has 8 nitrogen and oxygen atoms in total. The van der Waals surface area contributed by atoms with Gasteiger partial charge >= 0.3 is 0 Å². The lowest BCUT2D eigenvalue weighted by molar-refractivity contribution is -0.476. The lowest BCUT2D eigenvalue weighted by atomic mass is 10.0. The smallest absolute Gasteiger partial charge is 0.292 e. The number of hydrogen-bond donors (Lipinski definition) is 0. The molecule has 0 bridgehead atoms. The van der Waals surface area contributed by atoms with E-state index < -0.39 is 0 Å². The highest BCUT2D eigenvalue weighted by Crippen LogP contribution is 2.38. The molecule has 314 valence electrons. The second-order valence-electron chi connectivity index (χ2n) is 15.2. The summed E-state index contributed by atoms with van der Waals surface area (Å²) < 4.78 is 24.5. The third kappa shape index (κ3) is 9.27. The fourth-order valence-electron chi connectivity index (χ4n) is 7.88. The maximum atomic E-state index is 6.05. The number of thiophene rings is 1. The van der Waals surface area contributed by atoms with Gasteiger partial charge in [0.05, 0.1) is 22.4 Å². The fourth-order valence-corrected chi connectivity index (χ4v) is 8.63. The van der Waals surface area contributed by atoms with Crippen LogP contribution < -0.4 is 14.2 Å². The number of ether oxygens (including phenoxy) is 3. The fraction of sp³-hybridized carbons (Fsp3) is 0.0536. The first-order chi connectivity index (χ1) is 32.2. The number of rotatable bonds is 6. The molecule has 6 heterocycles. The SMILES string of the molecule is C1=[N+](c2ccccc2)COc2c1cccc2-c1ccccn1.C1=[N+](c2ccccc2)COc2c1cccc2-c1cccs1.C1=[N+](c2ccccc2)COc2c1cccc2-c1ccncc1. The Balaban J connectivity index is 0.000000115. The summed E-state index contributed by atoms with van der Waals surface area (Å²) in [7, 11) is 0. The van der Waals surface area contributed by atoms with Gasteiger partial charge in [0.2, 0.25) is 17.1 Å². The Morgan fingerprint density at radius 2 is 0.846 bits per heavy atom. The van der Waals surface area contributed by atoms with Gasteiger partial charge in [0.15, 0.2) is 18.6 Å². The standard InChI is InChI=1S/2C19H15N2O.C18H14NOS/c1-2-8-16(9-3-1)21-13-15-7-6-10-17(19(15)22-14-21)18-11-4-5-12-20-18;1-2-6-17(7-3-1)21-13-16-5-4-8-18(19(16)22-14-21)15-9-11-20-12-10-15;1-2-7-15(8-3-1)19-12-14-6-4-9-16(18(14)20-13-19)17-10-5-11-21-17/h2*1-13H,14H2;1-12H,13H2/q3*+1. The van der Waals surface area contributed by atoms with Crippen molar-refractivity contribution >= 4 is 47.0 Å². The van der Waals surface area contributed by atoms with E-state index in [1.54, 1.807) is 29.9 Å². The molecule has 3 aromatic heterocycles.